The van der Waals surface area contributed by atoms with Crippen molar-refractivity contribution in [2.45, 2.75) is 27.3 Å². The van der Waals surface area contributed by atoms with Crippen molar-refractivity contribution in [3.63, 3.8) is 0 Å². The molecule has 126 valence electrons. The average molecular weight is 421 g/mol. The zero-order chi connectivity index (χ0) is 15.7. The van der Waals surface area contributed by atoms with Gasteiger partial charge in [0.1, 0.15) is 5.75 Å². The summed E-state index contributed by atoms with van der Waals surface area (Å²) in [6.07, 6.45) is 0. The Kier molecular flexibility index (Phi) is 11.0. The maximum Gasteiger partial charge on any atom is 0.191 e. The average Bonchev–Trinajstić information content (AvgIpc) is 2.50. The topological polar surface area (TPSA) is 65.9 Å². The van der Waals surface area contributed by atoms with Gasteiger partial charge in [-0.15, -0.1) is 24.0 Å². The number of hydrogen-bond donors (Lipinski definition) is 3. The molecule has 1 unspecified atom stereocenters. The van der Waals surface area contributed by atoms with Gasteiger partial charge < -0.3 is 20.5 Å². The van der Waals surface area contributed by atoms with Gasteiger partial charge in [0.05, 0.1) is 13.7 Å². The third kappa shape index (κ3) is 7.31. The molecular weight excluding hydrogens is 393 g/mol. The van der Waals surface area contributed by atoms with Crippen molar-refractivity contribution in [1.29, 1.82) is 0 Å². The number of rotatable bonds is 7. The Bertz CT molecular complexity index is 467. The van der Waals surface area contributed by atoms with E-state index in [4.69, 9.17) is 9.84 Å². The van der Waals surface area contributed by atoms with Crippen LogP contribution in [0.15, 0.2) is 23.2 Å². The van der Waals surface area contributed by atoms with Gasteiger partial charge in [-0.2, -0.15) is 0 Å². The van der Waals surface area contributed by atoms with Crippen molar-refractivity contribution in [1.82, 2.24) is 10.6 Å². The van der Waals surface area contributed by atoms with E-state index < -0.39 is 0 Å². The number of methoxy groups -OCH3 is 1. The minimum Gasteiger partial charge on any atom is -0.496 e. The molecule has 5 nitrogen and oxygen atoms in total. The van der Waals surface area contributed by atoms with Gasteiger partial charge in [0.15, 0.2) is 5.96 Å². The van der Waals surface area contributed by atoms with Crippen molar-refractivity contribution in [2.24, 2.45) is 10.9 Å². The monoisotopic (exact) mass is 421 g/mol. The summed E-state index contributed by atoms with van der Waals surface area (Å²) in [6, 6.07) is 6.11. The maximum absolute atomic E-state index is 9.06. The molecule has 1 aromatic carbocycles. The minimum absolute atomic E-state index is 0. The summed E-state index contributed by atoms with van der Waals surface area (Å²) in [4.78, 5) is 4.56. The highest BCUT2D eigenvalue weighted by molar-refractivity contribution is 14.0. The lowest BCUT2D eigenvalue weighted by Crippen LogP contribution is -2.39. The van der Waals surface area contributed by atoms with E-state index in [1.54, 1.807) is 7.11 Å². The fraction of sp³-hybridized carbons (Fsp3) is 0.562. The smallest absolute Gasteiger partial charge is 0.191 e. The molecule has 0 heterocycles. The number of aliphatic hydroxyl groups excluding tert-OH is 1. The molecular formula is C16H28IN3O2. The summed E-state index contributed by atoms with van der Waals surface area (Å²) < 4.78 is 5.39. The maximum atomic E-state index is 9.06. The standard InChI is InChI=1S/C16H27N3O2.HI/c1-5-17-16(18-9-13(3)11-20)19-10-14-7-6-12(2)8-15(14)21-4;/h6-8,13,20H,5,9-11H2,1-4H3,(H2,17,18,19);1H. The van der Waals surface area contributed by atoms with E-state index in [0.29, 0.717) is 13.1 Å². The lowest BCUT2D eigenvalue weighted by atomic mass is 10.1. The third-order valence-electron chi connectivity index (χ3n) is 3.12. The number of halogens is 1. The molecule has 6 heteroatoms. The number of guanidine groups is 1. The number of aliphatic imine (C=N–C) groups is 1. The van der Waals surface area contributed by atoms with Gasteiger partial charge in [-0.3, -0.25) is 0 Å². The summed E-state index contributed by atoms with van der Waals surface area (Å²) in [5.41, 5.74) is 2.22. The Morgan fingerprint density at radius 1 is 1.36 bits per heavy atom. The lowest BCUT2D eigenvalue weighted by molar-refractivity contribution is 0.238. The van der Waals surface area contributed by atoms with E-state index in [1.165, 1.54) is 5.56 Å². The van der Waals surface area contributed by atoms with Crippen LogP contribution in [0.1, 0.15) is 25.0 Å². The van der Waals surface area contributed by atoms with Crippen LogP contribution in [-0.4, -0.2) is 37.9 Å². The van der Waals surface area contributed by atoms with E-state index in [-0.39, 0.29) is 36.5 Å². The van der Waals surface area contributed by atoms with Crippen molar-refractivity contribution in [3.05, 3.63) is 29.3 Å². The first-order chi connectivity index (χ1) is 10.1. The summed E-state index contributed by atoms with van der Waals surface area (Å²) in [7, 11) is 1.67. The van der Waals surface area contributed by atoms with Crippen LogP contribution in [0, 0.1) is 12.8 Å². The Labute approximate surface area is 150 Å². The number of aryl methyl sites for hydroxylation is 1. The highest BCUT2D eigenvalue weighted by Gasteiger charge is 2.05. The van der Waals surface area contributed by atoms with Gasteiger partial charge in [-0.25, -0.2) is 4.99 Å². The SMILES string of the molecule is CCNC(=NCc1ccc(C)cc1OC)NCC(C)CO.I. The molecule has 0 fully saturated rings. The highest BCUT2D eigenvalue weighted by atomic mass is 127. The predicted molar refractivity (Wildman–Crippen MR) is 102 cm³/mol. The molecule has 0 radical (unpaired) electrons. The van der Waals surface area contributed by atoms with E-state index in [2.05, 4.69) is 21.7 Å². The predicted octanol–water partition coefficient (Wildman–Crippen LogP) is 2.31. The van der Waals surface area contributed by atoms with Crippen molar-refractivity contribution in [3.8, 4) is 5.75 Å². The highest BCUT2D eigenvalue weighted by Crippen LogP contribution is 2.20. The van der Waals surface area contributed by atoms with Gasteiger partial charge in [-0.05, 0) is 31.4 Å². The molecule has 0 saturated carbocycles. The molecule has 1 rings (SSSR count). The molecule has 1 atom stereocenters. The zero-order valence-electron chi connectivity index (χ0n) is 13.8. The molecule has 22 heavy (non-hydrogen) atoms. The molecule has 0 aliphatic heterocycles. The van der Waals surface area contributed by atoms with Crippen LogP contribution >= 0.6 is 24.0 Å². The number of hydrogen-bond acceptors (Lipinski definition) is 3. The Balaban J connectivity index is 0.00000441. The summed E-state index contributed by atoms with van der Waals surface area (Å²) in [6.45, 7) is 8.25. The van der Waals surface area contributed by atoms with E-state index in [0.717, 1.165) is 23.8 Å². The van der Waals surface area contributed by atoms with Crippen LogP contribution in [0.25, 0.3) is 0 Å². The number of nitrogens with zero attached hydrogens (tertiary/aromatic N) is 1. The molecule has 0 aliphatic carbocycles. The first-order valence-corrected chi connectivity index (χ1v) is 7.37. The van der Waals surface area contributed by atoms with Crippen LogP contribution in [0.5, 0.6) is 5.75 Å². The second kappa shape index (κ2) is 11.5. The third-order valence-corrected chi connectivity index (χ3v) is 3.12. The van der Waals surface area contributed by atoms with Crippen molar-refractivity contribution < 1.29 is 9.84 Å². The van der Waals surface area contributed by atoms with Crippen molar-refractivity contribution >= 4 is 29.9 Å². The fourth-order valence-electron chi connectivity index (χ4n) is 1.82. The molecule has 0 amide bonds. The number of aliphatic hydroxyl groups is 1. The summed E-state index contributed by atoms with van der Waals surface area (Å²) >= 11 is 0. The van der Waals surface area contributed by atoms with E-state index in [9.17, 15) is 0 Å². The molecule has 0 bridgehead atoms. The molecule has 3 N–H and O–H groups in total. The van der Waals surface area contributed by atoms with Gasteiger partial charge in [0.25, 0.3) is 0 Å². The van der Waals surface area contributed by atoms with Crippen LogP contribution < -0.4 is 15.4 Å². The van der Waals surface area contributed by atoms with E-state index in [1.807, 2.05) is 32.9 Å². The van der Waals surface area contributed by atoms with Gasteiger partial charge in [0, 0.05) is 25.3 Å². The second-order valence-electron chi connectivity index (χ2n) is 5.18. The quantitative estimate of drug-likeness (QED) is 0.359. The van der Waals surface area contributed by atoms with Gasteiger partial charge in [0.2, 0.25) is 0 Å². The lowest BCUT2D eigenvalue weighted by Gasteiger charge is -2.14. The van der Waals surface area contributed by atoms with Gasteiger partial charge in [-0.1, -0.05) is 19.1 Å². The number of nitrogens with one attached hydrogen (secondary N) is 2. The summed E-state index contributed by atoms with van der Waals surface area (Å²) in [5, 5.41) is 15.5. The molecule has 0 aromatic heterocycles. The number of benzene rings is 1. The van der Waals surface area contributed by atoms with Gasteiger partial charge >= 0.3 is 0 Å². The van der Waals surface area contributed by atoms with Crippen LogP contribution in [-0.2, 0) is 6.54 Å². The molecule has 1 aromatic rings. The minimum atomic E-state index is 0. The van der Waals surface area contributed by atoms with E-state index >= 15 is 0 Å². The zero-order valence-corrected chi connectivity index (χ0v) is 16.2. The van der Waals surface area contributed by atoms with Crippen LogP contribution in [0.2, 0.25) is 0 Å². The van der Waals surface area contributed by atoms with Crippen molar-refractivity contribution in [2.75, 3.05) is 26.8 Å². The molecule has 0 aliphatic rings. The number of ether oxygens (including phenoxy) is 1. The van der Waals surface area contributed by atoms with Crippen LogP contribution in [0.4, 0.5) is 0 Å². The molecule has 0 spiro atoms. The van der Waals surface area contributed by atoms with Crippen LogP contribution in [0.3, 0.4) is 0 Å². The fourth-order valence-corrected chi connectivity index (χ4v) is 1.82. The Morgan fingerprint density at radius 3 is 2.68 bits per heavy atom. The first-order valence-electron chi connectivity index (χ1n) is 7.37. The molecule has 0 saturated heterocycles. The summed E-state index contributed by atoms with van der Waals surface area (Å²) in [5.74, 6) is 1.81. The first kappa shape index (κ1) is 21.0. The normalized spacial score (nSPS) is 12.3. The Hall–Kier alpha value is -1.02. The Morgan fingerprint density at radius 2 is 2.09 bits per heavy atom. The largest absolute Gasteiger partial charge is 0.496 e. The second-order valence-corrected chi connectivity index (χ2v) is 5.18.